The maximum atomic E-state index is 13.9. The van der Waals surface area contributed by atoms with E-state index in [1.807, 2.05) is 6.07 Å². The van der Waals surface area contributed by atoms with E-state index in [2.05, 4.69) is 15.3 Å². The second kappa shape index (κ2) is 8.63. The lowest BCUT2D eigenvalue weighted by Gasteiger charge is -2.19. The summed E-state index contributed by atoms with van der Waals surface area (Å²) >= 11 is 0. The van der Waals surface area contributed by atoms with Crippen molar-refractivity contribution < 1.29 is 31.1 Å². The van der Waals surface area contributed by atoms with E-state index < -0.39 is 55.2 Å². The van der Waals surface area contributed by atoms with Crippen molar-refractivity contribution in [2.45, 2.75) is 53.6 Å². The first kappa shape index (κ1) is 24.1. The van der Waals surface area contributed by atoms with Crippen molar-refractivity contribution in [3.05, 3.63) is 42.4 Å². The molecular formula is C22H21F3N4O4S. The van der Waals surface area contributed by atoms with Crippen LogP contribution in [-0.4, -0.2) is 48.3 Å². The molecule has 3 atom stereocenters. The quantitative estimate of drug-likeness (QED) is 0.655. The van der Waals surface area contributed by atoms with E-state index in [1.54, 1.807) is 0 Å². The van der Waals surface area contributed by atoms with Crippen molar-refractivity contribution in [2.24, 2.45) is 5.92 Å². The summed E-state index contributed by atoms with van der Waals surface area (Å²) in [5.41, 5.74) is -2.02. The lowest BCUT2D eigenvalue weighted by atomic mass is 10.0. The molecule has 2 saturated carbocycles. The number of aromatic nitrogens is 2. The van der Waals surface area contributed by atoms with Crippen LogP contribution >= 0.6 is 0 Å². The summed E-state index contributed by atoms with van der Waals surface area (Å²) in [5.74, 6) is -1.43. The van der Waals surface area contributed by atoms with Gasteiger partial charge in [-0.2, -0.15) is 18.4 Å². The fourth-order valence-corrected chi connectivity index (χ4v) is 6.25. The summed E-state index contributed by atoms with van der Waals surface area (Å²) in [4.78, 5) is 19.7. The number of hydrogen-bond acceptors (Lipinski definition) is 7. The normalized spacial score (nSPS) is 23.8. The molecule has 12 heteroatoms. The Morgan fingerprint density at radius 1 is 1.26 bits per heavy atom. The largest absolute Gasteiger partial charge is 0.417 e. The first-order valence-corrected chi connectivity index (χ1v) is 12.0. The number of methoxy groups -OCH3 is 1. The van der Waals surface area contributed by atoms with E-state index >= 15 is 0 Å². The van der Waals surface area contributed by atoms with E-state index in [4.69, 9.17) is 4.74 Å². The van der Waals surface area contributed by atoms with Gasteiger partial charge in [0.25, 0.3) is 0 Å². The number of nitrogens with one attached hydrogen (secondary N) is 1. The number of nitrogens with zero attached hydrogens (tertiary/aromatic N) is 3. The van der Waals surface area contributed by atoms with Gasteiger partial charge in [0.05, 0.1) is 45.7 Å². The molecule has 8 nitrogen and oxygen atoms in total. The summed E-state index contributed by atoms with van der Waals surface area (Å²) in [6, 6.07) is 4.94. The molecule has 0 radical (unpaired) electrons. The van der Waals surface area contributed by atoms with Crippen LogP contribution in [-0.2, 0) is 25.5 Å². The van der Waals surface area contributed by atoms with Gasteiger partial charge < -0.3 is 10.1 Å². The Morgan fingerprint density at radius 3 is 2.56 bits per heavy atom. The first-order chi connectivity index (χ1) is 16.0. The molecule has 2 fully saturated rings. The zero-order valence-corrected chi connectivity index (χ0v) is 18.9. The summed E-state index contributed by atoms with van der Waals surface area (Å²) in [5, 5.41) is 10.6. The van der Waals surface area contributed by atoms with Crippen molar-refractivity contribution in [3.8, 4) is 17.3 Å². The minimum Gasteiger partial charge on any atom is -0.381 e. The lowest BCUT2D eigenvalue weighted by Crippen LogP contribution is -2.42. The van der Waals surface area contributed by atoms with Gasteiger partial charge in [-0.15, -0.1) is 0 Å². The predicted octanol–water partition coefficient (Wildman–Crippen LogP) is 2.90. The number of carbonyl (C=O) groups is 1. The summed E-state index contributed by atoms with van der Waals surface area (Å²) in [6.07, 6.45) is -1.14. The van der Waals surface area contributed by atoms with Gasteiger partial charge in [0.1, 0.15) is 5.54 Å². The van der Waals surface area contributed by atoms with Gasteiger partial charge in [-0.05, 0) is 37.8 Å². The van der Waals surface area contributed by atoms with Crippen LogP contribution in [0.1, 0.15) is 31.2 Å². The van der Waals surface area contributed by atoms with Crippen LogP contribution in [0.5, 0.6) is 0 Å². The van der Waals surface area contributed by atoms with E-state index in [1.165, 1.54) is 31.8 Å². The smallest absolute Gasteiger partial charge is 0.381 e. The Kier molecular flexibility index (Phi) is 6.12. The first-order valence-electron chi connectivity index (χ1n) is 10.5. The van der Waals surface area contributed by atoms with Crippen LogP contribution in [0, 0.1) is 17.2 Å². The Balaban J connectivity index is 1.66. The van der Waals surface area contributed by atoms with Crippen LogP contribution in [0.25, 0.3) is 11.3 Å². The van der Waals surface area contributed by atoms with E-state index in [0.717, 1.165) is 12.1 Å². The number of amides is 1. The second-order valence-corrected chi connectivity index (χ2v) is 10.7. The number of halogens is 3. The highest BCUT2D eigenvalue weighted by Crippen LogP contribution is 2.42. The Labute approximate surface area is 194 Å². The molecular weight excluding hydrogens is 473 g/mol. The molecule has 180 valence electrons. The number of hydrogen-bond donors (Lipinski definition) is 1. The van der Waals surface area contributed by atoms with Crippen molar-refractivity contribution in [3.63, 3.8) is 0 Å². The zero-order chi connectivity index (χ0) is 24.7. The molecule has 0 bridgehead atoms. The topological polar surface area (TPSA) is 122 Å². The molecule has 0 saturated heterocycles. The van der Waals surface area contributed by atoms with Gasteiger partial charge in [0.2, 0.25) is 5.91 Å². The van der Waals surface area contributed by atoms with E-state index in [-0.39, 0.29) is 24.1 Å². The molecule has 1 aromatic heterocycles. The fraction of sp³-hybridized carbons (Fsp3) is 0.455. The number of alkyl halides is 3. The number of rotatable bonds is 6. The maximum Gasteiger partial charge on any atom is 0.417 e. The third kappa shape index (κ3) is 4.50. The average molecular weight is 494 g/mol. The summed E-state index contributed by atoms with van der Waals surface area (Å²) < 4.78 is 73.8. The standard InChI is InChI=1S/C22H21F3N4O4S/c1-33-18-10-14(9-15(18)20(30)29-21(12-26)4-5-21)34(31,32)19-3-2-13(8-16(19)22(23,24)25)17-11-27-6-7-28-17/h2-3,6-8,11,14-15,18H,4-5,9-10H2,1H3,(H,29,30)/t14?,15-,18-/m1/s1. The van der Waals surface area contributed by atoms with Crippen LogP contribution in [0.3, 0.4) is 0 Å². The van der Waals surface area contributed by atoms with Crippen LogP contribution < -0.4 is 5.32 Å². The molecule has 2 aliphatic carbocycles. The van der Waals surface area contributed by atoms with Gasteiger partial charge in [0.15, 0.2) is 9.84 Å². The molecule has 34 heavy (non-hydrogen) atoms. The van der Waals surface area contributed by atoms with E-state index in [0.29, 0.717) is 12.8 Å². The summed E-state index contributed by atoms with van der Waals surface area (Å²) in [7, 11) is -3.16. The van der Waals surface area contributed by atoms with Gasteiger partial charge in [-0.25, -0.2) is 8.42 Å². The minimum absolute atomic E-state index is 0.0732. The molecule has 1 unspecified atom stereocenters. The molecule has 0 aliphatic heterocycles. The van der Waals surface area contributed by atoms with Crippen LogP contribution in [0.15, 0.2) is 41.7 Å². The molecule has 1 heterocycles. The lowest BCUT2D eigenvalue weighted by molar-refractivity contribution is -0.139. The molecule has 1 aromatic carbocycles. The third-order valence-electron chi connectivity index (χ3n) is 6.32. The van der Waals surface area contributed by atoms with Gasteiger partial charge in [-0.1, -0.05) is 6.07 Å². The molecule has 1 amide bonds. The number of nitriles is 1. The number of ether oxygens (including phenoxy) is 1. The van der Waals surface area contributed by atoms with Gasteiger partial charge in [0, 0.05) is 25.1 Å². The second-order valence-electron chi connectivity index (χ2n) is 8.50. The fourth-order valence-electron chi connectivity index (χ4n) is 4.25. The SMILES string of the molecule is CO[C@@H]1CC(S(=O)(=O)c2ccc(-c3cnccn3)cc2C(F)(F)F)C[C@H]1C(=O)NC1(C#N)CC1. The molecule has 4 rings (SSSR count). The van der Waals surface area contributed by atoms with Crippen LogP contribution in [0.4, 0.5) is 13.2 Å². The number of carbonyl (C=O) groups excluding carboxylic acids is 1. The highest BCUT2D eigenvalue weighted by atomic mass is 32.2. The van der Waals surface area contributed by atoms with Crippen molar-refractivity contribution >= 4 is 15.7 Å². The van der Waals surface area contributed by atoms with E-state index in [9.17, 15) is 31.6 Å². The monoisotopic (exact) mass is 494 g/mol. The molecule has 2 aromatic rings. The Bertz CT molecular complexity index is 1240. The molecule has 1 N–H and O–H groups in total. The van der Waals surface area contributed by atoms with Crippen molar-refractivity contribution in [1.29, 1.82) is 5.26 Å². The highest BCUT2D eigenvalue weighted by Gasteiger charge is 2.51. The highest BCUT2D eigenvalue weighted by molar-refractivity contribution is 7.92. The summed E-state index contributed by atoms with van der Waals surface area (Å²) in [6.45, 7) is 0. The van der Waals surface area contributed by atoms with Crippen molar-refractivity contribution in [1.82, 2.24) is 15.3 Å². The van der Waals surface area contributed by atoms with Gasteiger partial charge >= 0.3 is 6.18 Å². The molecule has 2 aliphatic rings. The molecule has 0 spiro atoms. The third-order valence-corrected chi connectivity index (χ3v) is 8.55. The average Bonchev–Trinajstić information content (AvgIpc) is 3.44. The maximum absolute atomic E-state index is 13.9. The zero-order valence-electron chi connectivity index (χ0n) is 18.0. The Hall–Kier alpha value is -3.04. The van der Waals surface area contributed by atoms with Crippen molar-refractivity contribution in [2.75, 3.05) is 7.11 Å². The Morgan fingerprint density at radius 2 is 2.00 bits per heavy atom. The number of benzene rings is 1. The van der Waals surface area contributed by atoms with Gasteiger partial charge in [-0.3, -0.25) is 14.8 Å². The van der Waals surface area contributed by atoms with Crippen LogP contribution in [0.2, 0.25) is 0 Å². The minimum atomic E-state index is -4.94. The number of sulfone groups is 1. The predicted molar refractivity (Wildman–Crippen MR) is 113 cm³/mol.